The number of unbranched alkanes of at least 4 members (excludes halogenated alkanes) is 3. The van der Waals surface area contributed by atoms with Crippen LogP contribution >= 0.6 is 0 Å². The highest BCUT2D eigenvalue weighted by Crippen LogP contribution is 2.41. The van der Waals surface area contributed by atoms with Crippen molar-refractivity contribution in [1.82, 2.24) is 20.0 Å². The molecular weight excluding hydrogens is 400 g/mol. The molecule has 2 fully saturated rings. The van der Waals surface area contributed by atoms with Gasteiger partial charge in [-0.1, -0.05) is 59.3 Å². The zero-order chi connectivity index (χ0) is 22.7. The minimum atomic E-state index is -0.0746. The number of hydrogen-bond donors (Lipinski definition) is 1. The molecule has 3 aliphatic rings. The van der Waals surface area contributed by atoms with E-state index in [-0.39, 0.29) is 23.3 Å². The molecular formula is C26H42N4O2. The van der Waals surface area contributed by atoms with Crippen LogP contribution in [-0.2, 0) is 13.0 Å². The van der Waals surface area contributed by atoms with E-state index in [1.54, 1.807) is 0 Å². The van der Waals surface area contributed by atoms with Crippen molar-refractivity contribution in [3.8, 4) is 0 Å². The number of amides is 2. The maximum Gasteiger partial charge on any atom is 0.318 e. The predicted octanol–water partition coefficient (Wildman–Crippen LogP) is 5.80. The second-order valence-corrected chi connectivity index (χ2v) is 11.1. The Balaban J connectivity index is 1.58. The first-order valence-corrected chi connectivity index (χ1v) is 13.1. The zero-order valence-corrected chi connectivity index (χ0v) is 20.4. The Morgan fingerprint density at radius 3 is 2.59 bits per heavy atom. The average Bonchev–Trinajstić information content (AvgIpc) is 3.36. The minimum absolute atomic E-state index is 0.0315. The van der Waals surface area contributed by atoms with Gasteiger partial charge in [-0.15, -0.1) is 0 Å². The van der Waals surface area contributed by atoms with Crippen LogP contribution in [0.2, 0.25) is 0 Å². The quantitative estimate of drug-likeness (QED) is 0.543. The fourth-order valence-electron chi connectivity index (χ4n) is 5.94. The third kappa shape index (κ3) is 5.04. The van der Waals surface area contributed by atoms with Gasteiger partial charge in [-0.3, -0.25) is 9.48 Å². The first-order chi connectivity index (χ1) is 15.4. The SMILES string of the molecule is CCCCCCn1nc([C@@H]2CCCN2C(=O)NC2CCCCC2)c2c1CC(C)(C)CC2=O. The molecule has 6 heteroatoms. The number of urea groups is 1. The van der Waals surface area contributed by atoms with Gasteiger partial charge in [0.05, 0.1) is 23.0 Å². The summed E-state index contributed by atoms with van der Waals surface area (Å²) in [5, 5.41) is 8.33. The van der Waals surface area contributed by atoms with Gasteiger partial charge in [-0.2, -0.15) is 5.10 Å². The second kappa shape index (κ2) is 9.96. The number of rotatable bonds is 7. The first-order valence-electron chi connectivity index (χ1n) is 13.1. The Morgan fingerprint density at radius 1 is 1.06 bits per heavy atom. The number of carbonyl (C=O) groups excluding carboxylic acids is 2. The standard InChI is InChI=1S/C26H42N4O2/c1-4-5-6-10-16-30-21-17-26(2,3)18-22(31)23(21)24(28-30)20-14-11-15-29(20)25(32)27-19-12-8-7-9-13-19/h19-20H,4-18H2,1-3H3,(H,27,32)/t20-/m0/s1. The summed E-state index contributed by atoms with van der Waals surface area (Å²) in [6, 6.07) is 0.258. The highest BCUT2D eigenvalue weighted by molar-refractivity contribution is 6.00. The van der Waals surface area contributed by atoms with Crippen molar-refractivity contribution < 1.29 is 9.59 Å². The molecule has 1 aromatic rings. The van der Waals surface area contributed by atoms with Crippen LogP contribution in [0.4, 0.5) is 4.79 Å². The molecule has 0 bridgehead atoms. The lowest BCUT2D eigenvalue weighted by molar-refractivity contribution is 0.0906. The third-order valence-electron chi connectivity index (χ3n) is 7.63. The molecule has 1 aromatic heterocycles. The molecule has 0 unspecified atom stereocenters. The smallest absolute Gasteiger partial charge is 0.318 e. The molecule has 32 heavy (non-hydrogen) atoms. The summed E-state index contributed by atoms with van der Waals surface area (Å²) >= 11 is 0. The van der Waals surface area contributed by atoms with Crippen LogP contribution in [0.3, 0.4) is 0 Å². The first kappa shape index (κ1) is 23.3. The van der Waals surface area contributed by atoms with Gasteiger partial charge in [0.2, 0.25) is 0 Å². The van der Waals surface area contributed by atoms with Crippen LogP contribution in [0, 0.1) is 5.41 Å². The lowest BCUT2D eigenvalue weighted by Crippen LogP contribution is -2.45. The number of aromatic nitrogens is 2. The van der Waals surface area contributed by atoms with E-state index in [1.165, 1.54) is 38.5 Å². The number of Topliss-reactive ketones (excluding diaryl/α,β-unsaturated/α-hetero) is 1. The van der Waals surface area contributed by atoms with Crippen molar-refractivity contribution in [2.45, 2.75) is 123 Å². The predicted molar refractivity (Wildman–Crippen MR) is 127 cm³/mol. The summed E-state index contributed by atoms with van der Waals surface area (Å²) in [7, 11) is 0. The van der Waals surface area contributed by atoms with Gasteiger partial charge in [0.25, 0.3) is 0 Å². The summed E-state index contributed by atoms with van der Waals surface area (Å²) in [4.78, 5) is 28.4. The monoisotopic (exact) mass is 442 g/mol. The summed E-state index contributed by atoms with van der Waals surface area (Å²) < 4.78 is 2.12. The van der Waals surface area contributed by atoms with E-state index < -0.39 is 0 Å². The highest BCUT2D eigenvalue weighted by atomic mass is 16.2. The fraction of sp³-hybridized carbons (Fsp3) is 0.808. The minimum Gasteiger partial charge on any atom is -0.335 e. The van der Waals surface area contributed by atoms with Crippen molar-refractivity contribution in [2.75, 3.05) is 6.54 Å². The van der Waals surface area contributed by atoms with Crippen molar-refractivity contribution in [3.63, 3.8) is 0 Å². The topological polar surface area (TPSA) is 67.2 Å². The van der Waals surface area contributed by atoms with E-state index in [1.807, 2.05) is 4.90 Å². The van der Waals surface area contributed by atoms with Crippen LogP contribution in [0.5, 0.6) is 0 Å². The van der Waals surface area contributed by atoms with Gasteiger partial charge in [-0.05, 0) is 43.9 Å². The molecule has 6 nitrogen and oxygen atoms in total. The molecule has 1 N–H and O–H groups in total. The van der Waals surface area contributed by atoms with Crippen molar-refractivity contribution in [1.29, 1.82) is 0 Å². The van der Waals surface area contributed by atoms with E-state index in [4.69, 9.17) is 5.10 Å². The van der Waals surface area contributed by atoms with Crippen LogP contribution in [0.1, 0.15) is 126 Å². The molecule has 2 amide bonds. The molecule has 1 saturated carbocycles. The summed E-state index contributed by atoms with van der Waals surface area (Å²) in [6.45, 7) is 8.21. The van der Waals surface area contributed by atoms with Gasteiger partial charge in [0.1, 0.15) is 0 Å². The van der Waals surface area contributed by atoms with E-state index in [9.17, 15) is 9.59 Å². The van der Waals surface area contributed by atoms with Crippen LogP contribution in [0.15, 0.2) is 0 Å². The van der Waals surface area contributed by atoms with Crippen LogP contribution in [-0.4, -0.2) is 39.1 Å². The Kier molecular flexibility index (Phi) is 7.26. The normalized spacial score (nSPS) is 23.4. The van der Waals surface area contributed by atoms with E-state index in [0.717, 1.165) is 68.6 Å². The Hall–Kier alpha value is -1.85. The summed E-state index contributed by atoms with van der Waals surface area (Å²) in [6.07, 6.45) is 13.9. The van der Waals surface area contributed by atoms with Gasteiger partial charge in [-0.25, -0.2) is 4.79 Å². The highest BCUT2D eigenvalue weighted by Gasteiger charge is 2.41. The van der Waals surface area contributed by atoms with Crippen LogP contribution < -0.4 is 5.32 Å². The average molecular weight is 443 g/mol. The molecule has 0 aromatic carbocycles. The Morgan fingerprint density at radius 2 is 1.84 bits per heavy atom. The van der Waals surface area contributed by atoms with Gasteiger partial charge >= 0.3 is 6.03 Å². The van der Waals surface area contributed by atoms with E-state index in [2.05, 4.69) is 30.8 Å². The second-order valence-electron chi connectivity index (χ2n) is 11.1. The molecule has 0 spiro atoms. The number of hydrogen-bond acceptors (Lipinski definition) is 3. The third-order valence-corrected chi connectivity index (χ3v) is 7.63. The number of nitrogens with zero attached hydrogens (tertiary/aromatic N) is 3. The zero-order valence-electron chi connectivity index (χ0n) is 20.4. The number of carbonyl (C=O) groups is 2. The van der Waals surface area contributed by atoms with E-state index >= 15 is 0 Å². The molecule has 4 rings (SSSR count). The summed E-state index contributed by atoms with van der Waals surface area (Å²) in [5.41, 5.74) is 2.78. The molecule has 178 valence electrons. The largest absolute Gasteiger partial charge is 0.335 e. The van der Waals surface area contributed by atoms with Gasteiger partial charge in [0, 0.05) is 25.6 Å². The molecule has 1 saturated heterocycles. The fourth-order valence-corrected chi connectivity index (χ4v) is 5.94. The number of ketones is 1. The molecule has 2 aliphatic carbocycles. The number of fused-ring (bicyclic) bond motifs is 1. The molecule has 0 radical (unpaired) electrons. The number of nitrogens with one attached hydrogen (secondary N) is 1. The number of aryl methyl sites for hydroxylation is 1. The lowest BCUT2D eigenvalue weighted by atomic mass is 9.75. The molecule has 1 aliphatic heterocycles. The lowest BCUT2D eigenvalue weighted by Gasteiger charge is -2.31. The van der Waals surface area contributed by atoms with E-state index in [0.29, 0.717) is 12.5 Å². The number of likely N-dealkylation sites (tertiary alicyclic amines) is 1. The van der Waals surface area contributed by atoms with Crippen molar-refractivity contribution >= 4 is 11.8 Å². The van der Waals surface area contributed by atoms with Crippen molar-refractivity contribution in [2.24, 2.45) is 5.41 Å². The van der Waals surface area contributed by atoms with Gasteiger partial charge in [0.15, 0.2) is 5.78 Å². The van der Waals surface area contributed by atoms with Gasteiger partial charge < -0.3 is 10.2 Å². The van der Waals surface area contributed by atoms with Crippen molar-refractivity contribution in [3.05, 3.63) is 17.0 Å². The maximum atomic E-state index is 13.3. The maximum absolute atomic E-state index is 13.3. The molecule has 2 heterocycles. The Labute approximate surface area is 193 Å². The Bertz CT molecular complexity index is 822. The molecule has 1 atom stereocenters. The summed E-state index contributed by atoms with van der Waals surface area (Å²) in [5.74, 6) is 0.214. The van der Waals surface area contributed by atoms with Crippen LogP contribution in [0.25, 0.3) is 0 Å².